The fourth-order valence-corrected chi connectivity index (χ4v) is 9.24. The van der Waals surface area contributed by atoms with Crippen molar-refractivity contribution in [3.8, 4) is 45.0 Å². The summed E-state index contributed by atoms with van der Waals surface area (Å²) in [6, 6.07) is 30.9. The standard InChI is InChI=1S/C30H33FN8O2.C26H26FN7O2/c31-23-4-3-5-25(20-23)33-29-32-11-10-27(35-29)26-21-39(15-14-37-16-18-41-19-17-37)36-28(26)22-6-8-24(9-7-22)34-30(40)38-12-1-2-13-38;27-19-4-3-5-21(16-19)29-25-28-11-10-23(31-25)22-17-34(14-15-35)32-24(22)18-6-8-20(9-7-18)30-26(36)33-12-1-2-13-33/h3-11,20-21H,1-2,12-19H2,(H,34,40)(H,32,33,35);3-11,16-17,35H,1-2,12-15H2,(H,30,36)(H,28,29,31). The third kappa shape index (κ3) is 13.6. The van der Waals surface area contributed by atoms with Crippen LogP contribution in [0.1, 0.15) is 25.7 Å². The van der Waals surface area contributed by atoms with E-state index < -0.39 is 0 Å². The average Bonchev–Trinajstić information content (AvgIpc) is 4.35. The number of urea groups is 2. The first-order valence-corrected chi connectivity index (χ1v) is 25.8. The number of aromatic nitrogens is 8. The predicted molar refractivity (Wildman–Crippen MR) is 291 cm³/mol. The molecule has 0 unspecified atom stereocenters. The lowest BCUT2D eigenvalue weighted by Gasteiger charge is -2.26. The number of morpholine rings is 1. The monoisotopic (exact) mass is 1040 g/mol. The van der Waals surface area contributed by atoms with Crippen molar-refractivity contribution in [3.63, 3.8) is 0 Å². The molecule has 5 N–H and O–H groups in total. The van der Waals surface area contributed by atoms with Crippen LogP contribution in [0, 0.1) is 11.6 Å². The summed E-state index contributed by atoms with van der Waals surface area (Å²) in [5, 5.41) is 31.1. The number of amides is 4. The highest BCUT2D eigenvalue weighted by Crippen LogP contribution is 2.34. The molecule has 3 aliphatic rings. The van der Waals surface area contributed by atoms with Crippen LogP contribution in [0.15, 0.2) is 134 Å². The fourth-order valence-electron chi connectivity index (χ4n) is 9.24. The van der Waals surface area contributed by atoms with Crippen LogP contribution in [0.3, 0.4) is 0 Å². The molecule has 19 nitrogen and oxygen atoms in total. The van der Waals surface area contributed by atoms with Gasteiger partial charge in [0.25, 0.3) is 0 Å². The molecule has 8 aromatic rings. The Morgan fingerprint density at radius 2 is 1.00 bits per heavy atom. The number of carbonyl (C=O) groups excluding carboxylic acids is 2. The fraction of sp³-hybridized carbons (Fsp3) is 0.286. The summed E-state index contributed by atoms with van der Waals surface area (Å²) in [6.07, 6.45) is 11.3. The Bertz CT molecular complexity index is 3260. The maximum atomic E-state index is 13.7. The molecule has 4 aromatic heterocycles. The molecule has 3 aliphatic heterocycles. The number of rotatable bonds is 15. The Hall–Kier alpha value is -8.66. The number of hydrogen-bond donors (Lipinski definition) is 5. The minimum atomic E-state index is -0.358. The van der Waals surface area contributed by atoms with Gasteiger partial charge >= 0.3 is 12.1 Å². The van der Waals surface area contributed by atoms with Crippen molar-refractivity contribution in [2.24, 2.45) is 0 Å². The molecule has 11 rings (SSSR count). The van der Waals surface area contributed by atoms with Crippen LogP contribution < -0.4 is 21.3 Å². The maximum Gasteiger partial charge on any atom is 0.321 e. The second-order valence-corrected chi connectivity index (χ2v) is 18.7. The smallest absolute Gasteiger partial charge is 0.321 e. The molecule has 0 aliphatic carbocycles. The van der Waals surface area contributed by atoms with Gasteiger partial charge in [-0.2, -0.15) is 10.2 Å². The molecule has 7 heterocycles. The quantitative estimate of drug-likeness (QED) is 0.0649. The summed E-state index contributed by atoms with van der Waals surface area (Å²) in [5.41, 5.74) is 8.65. The van der Waals surface area contributed by atoms with Gasteiger partial charge in [-0.1, -0.05) is 36.4 Å². The van der Waals surface area contributed by atoms with Gasteiger partial charge < -0.3 is 40.9 Å². The molecule has 3 fully saturated rings. The molecule has 0 bridgehead atoms. The van der Waals surface area contributed by atoms with Crippen LogP contribution in [0.5, 0.6) is 0 Å². The van der Waals surface area contributed by atoms with Crippen molar-refractivity contribution in [1.29, 1.82) is 0 Å². The van der Waals surface area contributed by atoms with Gasteiger partial charge in [0, 0.05) is 116 Å². The average molecular weight is 1040 g/mol. The summed E-state index contributed by atoms with van der Waals surface area (Å²) in [7, 11) is 0. The van der Waals surface area contributed by atoms with Crippen LogP contribution in [-0.2, 0) is 17.8 Å². The third-order valence-corrected chi connectivity index (χ3v) is 13.2. The molecule has 0 spiro atoms. The minimum absolute atomic E-state index is 0.0574. The van der Waals surface area contributed by atoms with E-state index in [-0.39, 0.29) is 30.3 Å². The second kappa shape index (κ2) is 24.8. The van der Waals surface area contributed by atoms with Gasteiger partial charge in [-0.25, -0.2) is 38.3 Å². The molecule has 21 heteroatoms. The summed E-state index contributed by atoms with van der Waals surface area (Å²) < 4.78 is 36.4. The van der Waals surface area contributed by atoms with E-state index in [1.165, 1.54) is 24.3 Å². The molecular weight excluding hydrogens is 985 g/mol. The number of nitrogens with zero attached hydrogens (tertiary/aromatic N) is 11. The lowest BCUT2D eigenvalue weighted by molar-refractivity contribution is 0.0360. The van der Waals surface area contributed by atoms with Crippen LogP contribution in [0.4, 0.5) is 53.0 Å². The van der Waals surface area contributed by atoms with E-state index in [2.05, 4.69) is 46.2 Å². The number of benzene rings is 4. The van der Waals surface area contributed by atoms with Gasteiger partial charge in [0.05, 0.1) is 44.3 Å². The van der Waals surface area contributed by atoms with E-state index in [1.807, 2.05) is 81.5 Å². The lowest BCUT2D eigenvalue weighted by Crippen LogP contribution is -2.38. The number of ether oxygens (including phenoxy) is 1. The zero-order valence-corrected chi connectivity index (χ0v) is 42.4. The lowest BCUT2D eigenvalue weighted by atomic mass is 10.1. The summed E-state index contributed by atoms with van der Waals surface area (Å²) >= 11 is 0. The van der Waals surface area contributed by atoms with E-state index in [9.17, 15) is 23.5 Å². The Morgan fingerprint density at radius 1 is 0.545 bits per heavy atom. The summed E-state index contributed by atoms with van der Waals surface area (Å²) in [4.78, 5) is 48.9. The number of carbonyl (C=O) groups is 2. The van der Waals surface area contributed by atoms with Crippen molar-refractivity contribution >= 4 is 46.7 Å². The number of aliphatic hydroxyl groups excluding tert-OH is 1. The topological polar surface area (TPSA) is 209 Å². The summed E-state index contributed by atoms with van der Waals surface area (Å²) in [5.74, 6) is -0.0159. The van der Waals surface area contributed by atoms with Gasteiger partial charge in [0.1, 0.15) is 23.0 Å². The van der Waals surface area contributed by atoms with Gasteiger partial charge in [-0.3, -0.25) is 14.3 Å². The van der Waals surface area contributed by atoms with Crippen LogP contribution in [-0.4, -0.2) is 137 Å². The Labute approximate surface area is 444 Å². The van der Waals surface area contributed by atoms with E-state index in [4.69, 9.17) is 14.8 Å². The number of anilines is 6. The first kappa shape index (κ1) is 51.8. The van der Waals surface area contributed by atoms with Crippen LogP contribution in [0.2, 0.25) is 0 Å². The van der Waals surface area contributed by atoms with E-state index in [0.717, 1.165) is 125 Å². The first-order valence-electron chi connectivity index (χ1n) is 25.8. The van der Waals surface area contributed by atoms with Gasteiger partial charge in [-0.05, 0) is 98.5 Å². The highest BCUT2D eigenvalue weighted by atomic mass is 19.1. The molecule has 3 saturated heterocycles. The maximum absolute atomic E-state index is 13.7. The number of halogens is 2. The zero-order valence-electron chi connectivity index (χ0n) is 42.4. The van der Waals surface area contributed by atoms with E-state index in [0.29, 0.717) is 52.6 Å². The molecule has 4 aromatic carbocycles. The van der Waals surface area contributed by atoms with Crippen molar-refractivity contribution < 1.29 is 28.2 Å². The van der Waals surface area contributed by atoms with E-state index in [1.54, 1.807) is 47.4 Å². The number of hydrogen-bond acceptors (Lipinski definition) is 13. The predicted octanol–water partition coefficient (Wildman–Crippen LogP) is 9.36. The SMILES string of the molecule is O=C(Nc1ccc(-c2nn(CCN3CCOCC3)cc2-c2ccnc(Nc3cccc(F)c3)n2)cc1)N1CCCC1.O=C(Nc1ccc(-c2nn(CCO)cc2-c2ccnc(Nc3cccc(F)c3)n2)cc1)N1CCCC1. The zero-order chi connectivity index (χ0) is 52.9. The largest absolute Gasteiger partial charge is 0.394 e. The number of aliphatic hydroxyl groups is 1. The molecule has 396 valence electrons. The number of likely N-dealkylation sites (tertiary alicyclic amines) is 2. The highest BCUT2D eigenvalue weighted by Gasteiger charge is 2.22. The molecule has 0 radical (unpaired) electrons. The Morgan fingerprint density at radius 3 is 1.44 bits per heavy atom. The van der Waals surface area contributed by atoms with Crippen LogP contribution >= 0.6 is 0 Å². The minimum Gasteiger partial charge on any atom is -0.394 e. The first-order chi connectivity index (χ1) is 37.7. The number of nitrogens with one attached hydrogen (secondary N) is 4. The Balaban J connectivity index is 0.000000176. The second-order valence-electron chi connectivity index (χ2n) is 18.7. The summed E-state index contributed by atoms with van der Waals surface area (Å²) in [6.45, 7) is 8.33. The van der Waals surface area contributed by atoms with E-state index >= 15 is 0 Å². The molecule has 77 heavy (non-hydrogen) atoms. The molecule has 4 amide bonds. The normalized spacial score (nSPS) is 14.5. The van der Waals surface area contributed by atoms with Gasteiger partial charge in [0.15, 0.2) is 0 Å². The van der Waals surface area contributed by atoms with Crippen molar-refractivity contribution in [3.05, 3.63) is 146 Å². The van der Waals surface area contributed by atoms with Crippen molar-refractivity contribution in [1.82, 2.24) is 54.2 Å². The highest BCUT2D eigenvalue weighted by molar-refractivity contribution is 5.91. The van der Waals surface area contributed by atoms with Gasteiger partial charge in [0.2, 0.25) is 11.9 Å². The molecule has 0 atom stereocenters. The van der Waals surface area contributed by atoms with Crippen molar-refractivity contribution in [2.75, 3.05) is 86.9 Å². The van der Waals surface area contributed by atoms with Crippen molar-refractivity contribution in [2.45, 2.75) is 38.8 Å². The molecular formula is C56H59F2N15O4. The Kier molecular flexibility index (Phi) is 16.7. The van der Waals surface area contributed by atoms with Crippen LogP contribution in [0.25, 0.3) is 45.0 Å². The van der Waals surface area contributed by atoms with Gasteiger partial charge in [-0.15, -0.1) is 0 Å². The third-order valence-electron chi connectivity index (χ3n) is 13.2. The molecule has 0 saturated carbocycles.